The van der Waals surface area contributed by atoms with Gasteiger partial charge in [0.2, 0.25) is 0 Å². The highest BCUT2D eigenvalue weighted by Crippen LogP contribution is 2.29. The zero-order valence-corrected chi connectivity index (χ0v) is 17.0. The van der Waals surface area contributed by atoms with Gasteiger partial charge < -0.3 is 19.9 Å². The minimum Gasteiger partial charge on any atom is -0.491 e. The summed E-state index contributed by atoms with van der Waals surface area (Å²) in [5.41, 5.74) is 2.24. The predicted octanol–water partition coefficient (Wildman–Crippen LogP) is 2.75. The van der Waals surface area contributed by atoms with Crippen molar-refractivity contribution in [1.29, 1.82) is 0 Å². The third kappa shape index (κ3) is 5.81. The van der Waals surface area contributed by atoms with E-state index >= 15 is 0 Å². The molecule has 0 aliphatic heterocycles. The monoisotopic (exact) mass is 392 g/mol. The van der Waals surface area contributed by atoms with Crippen molar-refractivity contribution < 1.29 is 4.74 Å². The molecule has 2 aromatic carbocycles. The van der Waals surface area contributed by atoms with E-state index in [0.717, 1.165) is 48.2 Å². The Labute approximate surface area is 171 Å². The molecule has 2 N–H and O–H groups in total. The summed E-state index contributed by atoms with van der Waals surface area (Å²) in [6, 6.07) is 18.4. The highest BCUT2D eigenvalue weighted by Gasteiger charge is 2.06. The Morgan fingerprint density at radius 3 is 2.59 bits per heavy atom. The van der Waals surface area contributed by atoms with Crippen molar-refractivity contribution in [2.45, 2.75) is 19.9 Å². The molecule has 0 amide bonds. The average Bonchev–Trinajstić information content (AvgIpc) is 3.24. The maximum Gasteiger partial charge on any atom is 0.191 e. The number of aromatic nitrogens is 3. The Hall–Kier alpha value is -3.35. The van der Waals surface area contributed by atoms with E-state index in [1.54, 1.807) is 13.4 Å². The minimum absolute atomic E-state index is 0.538. The molecule has 0 spiro atoms. The van der Waals surface area contributed by atoms with Gasteiger partial charge in [-0.1, -0.05) is 55.5 Å². The first-order valence-electron chi connectivity index (χ1n) is 9.90. The number of rotatable bonds is 9. The molecule has 3 rings (SSSR count). The second-order valence-corrected chi connectivity index (χ2v) is 6.43. The number of hydrogen-bond donors (Lipinski definition) is 2. The summed E-state index contributed by atoms with van der Waals surface area (Å²) >= 11 is 0. The van der Waals surface area contributed by atoms with E-state index in [1.165, 1.54) is 0 Å². The van der Waals surface area contributed by atoms with Crippen molar-refractivity contribution in [3.8, 4) is 16.9 Å². The third-order valence-electron chi connectivity index (χ3n) is 4.50. The van der Waals surface area contributed by atoms with Crippen LogP contribution in [-0.4, -0.2) is 47.5 Å². The van der Waals surface area contributed by atoms with Gasteiger partial charge in [0.15, 0.2) is 5.96 Å². The van der Waals surface area contributed by atoms with Crippen LogP contribution in [-0.2, 0) is 13.0 Å². The largest absolute Gasteiger partial charge is 0.491 e. The minimum atomic E-state index is 0.538. The fourth-order valence-corrected chi connectivity index (χ4v) is 3.03. The number of ether oxygens (including phenoxy) is 1. The first kappa shape index (κ1) is 20.4. The van der Waals surface area contributed by atoms with E-state index in [1.807, 2.05) is 41.0 Å². The van der Waals surface area contributed by atoms with E-state index in [0.29, 0.717) is 13.2 Å². The molecule has 29 heavy (non-hydrogen) atoms. The maximum atomic E-state index is 6.01. The number of nitrogens with zero attached hydrogens (tertiary/aromatic N) is 4. The molecular formula is C22H28N6O. The van der Waals surface area contributed by atoms with Crippen LogP contribution in [0.4, 0.5) is 0 Å². The maximum absolute atomic E-state index is 6.01. The van der Waals surface area contributed by atoms with E-state index < -0.39 is 0 Å². The topological polar surface area (TPSA) is 76.4 Å². The number of nitrogens with one attached hydrogen (secondary N) is 2. The van der Waals surface area contributed by atoms with Gasteiger partial charge in [0.05, 0.1) is 6.54 Å². The second kappa shape index (κ2) is 10.8. The van der Waals surface area contributed by atoms with Gasteiger partial charge in [0.25, 0.3) is 0 Å². The van der Waals surface area contributed by atoms with Crippen LogP contribution >= 0.6 is 0 Å². The van der Waals surface area contributed by atoms with E-state index in [2.05, 4.69) is 50.9 Å². The summed E-state index contributed by atoms with van der Waals surface area (Å²) in [5, 5.41) is 14.6. The molecule has 0 saturated heterocycles. The zero-order chi connectivity index (χ0) is 20.3. The number of para-hydroxylation sites is 1. The van der Waals surface area contributed by atoms with Crippen molar-refractivity contribution in [2.24, 2.45) is 4.99 Å². The van der Waals surface area contributed by atoms with Crippen molar-refractivity contribution in [3.63, 3.8) is 0 Å². The molecule has 152 valence electrons. The zero-order valence-electron chi connectivity index (χ0n) is 17.0. The van der Waals surface area contributed by atoms with Crippen LogP contribution in [0.25, 0.3) is 11.1 Å². The van der Waals surface area contributed by atoms with Crippen LogP contribution < -0.4 is 15.4 Å². The number of aliphatic imine (C=N–C) groups is 1. The van der Waals surface area contributed by atoms with Gasteiger partial charge in [-0.2, -0.15) is 0 Å². The molecule has 0 radical (unpaired) electrons. The predicted molar refractivity (Wildman–Crippen MR) is 116 cm³/mol. The highest BCUT2D eigenvalue weighted by molar-refractivity contribution is 5.79. The fraction of sp³-hybridized carbons (Fsp3) is 0.318. The van der Waals surface area contributed by atoms with Gasteiger partial charge in [-0.25, -0.2) is 0 Å². The standard InChI is InChI=1S/C22H28N6O/c1-3-21-27-26-17-28(21)15-13-24-22(23-2)25-14-16-29-20-12-8-7-11-19(20)18-9-5-4-6-10-18/h4-12,17H,3,13-16H2,1-2H3,(H2,23,24,25). The van der Waals surface area contributed by atoms with Crippen molar-refractivity contribution in [2.75, 3.05) is 26.7 Å². The molecule has 7 heteroatoms. The molecule has 7 nitrogen and oxygen atoms in total. The van der Waals surface area contributed by atoms with Crippen LogP contribution in [0, 0.1) is 0 Å². The highest BCUT2D eigenvalue weighted by atomic mass is 16.5. The normalized spacial score (nSPS) is 11.3. The lowest BCUT2D eigenvalue weighted by Crippen LogP contribution is -2.40. The Kier molecular flexibility index (Phi) is 7.63. The Morgan fingerprint density at radius 1 is 1.03 bits per heavy atom. The SMILES string of the molecule is CCc1nncn1CCNC(=NC)NCCOc1ccccc1-c1ccccc1. The lowest BCUT2D eigenvalue weighted by atomic mass is 10.1. The Morgan fingerprint density at radius 2 is 1.79 bits per heavy atom. The van der Waals surface area contributed by atoms with Gasteiger partial charge in [-0.05, 0) is 11.6 Å². The van der Waals surface area contributed by atoms with Crippen molar-refractivity contribution in [1.82, 2.24) is 25.4 Å². The first-order valence-corrected chi connectivity index (χ1v) is 9.90. The van der Waals surface area contributed by atoms with E-state index in [4.69, 9.17) is 4.74 Å². The summed E-state index contributed by atoms with van der Waals surface area (Å²) in [4.78, 5) is 4.26. The van der Waals surface area contributed by atoms with Crippen LogP contribution in [0.15, 0.2) is 65.9 Å². The van der Waals surface area contributed by atoms with Gasteiger partial charge in [0.1, 0.15) is 24.5 Å². The molecule has 0 saturated carbocycles. The number of benzene rings is 2. The molecule has 3 aromatic rings. The lowest BCUT2D eigenvalue weighted by molar-refractivity contribution is 0.323. The molecular weight excluding hydrogens is 364 g/mol. The molecule has 0 bridgehead atoms. The smallest absolute Gasteiger partial charge is 0.191 e. The second-order valence-electron chi connectivity index (χ2n) is 6.43. The number of aryl methyl sites for hydroxylation is 1. The van der Waals surface area contributed by atoms with E-state index in [9.17, 15) is 0 Å². The molecule has 0 aliphatic carbocycles. The van der Waals surface area contributed by atoms with Crippen LogP contribution in [0.5, 0.6) is 5.75 Å². The molecule has 0 unspecified atom stereocenters. The molecule has 1 aromatic heterocycles. The summed E-state index contributed by atoms with van der Waals surface area (Å²) in [6.45, 7) is 4.79. The number of hydrogen-bond acceptors (Lipinski definition) is 4. The van der Waals surface area contributed by atoms with Crippen LogP contribution in [0.3, 0.4) is 0 Å². The third-order valence-corrected chi connectivity index (χ3v) is 4.50. The molecule has 0 aliphatic rings. The van der Waals surface area contributed by atoms with Crippen molar-refractivity contribution >= 4 is 5.96 Å². The van der Waals surface area contributed by atoms with Gasteiger partial charge in [-0.15, -0.1) is 10.2 Å². The quantitative estimate of drug-likeness (QED) is 0.333. The summed E-state index contributed by atoms with van der Waals surface area (Å²) in [6.07, 6.45) is 2.63. The lowest BCUT2D eigenvalue weighted by Gasteiger charge is -2.14. The summed E-state index contributed by atoms with van der Waals surface area (Å²) in [5.74, 6) is 2.61. The fourth-order valence-electron chi connectivity index (χ4n) is 3.03. The van der Waals surface area contributed by atoms with Gasteiger partial charge in [-0.3, -0.25) is 4.99 Å². The number of guanidine groups is 1. The summed E-state index contributed by atoms with van der Waals surface area (Å²) in [7, 11) is 1.76. The van der Waals surface area contributed by atoms with E-state index in [-0.39, 0.29) is 0 Å². The van der Waals surface area contributed by atoms with Crippen LogP contribution in [0.2, 0.25) is 0 Å². The summed E-state index contributed by atoms with van der Waals surface area (Å²) < 4.78 is 8.06. The Bertz CT molecular complexity index is 906. The Balaban J connectivity index is 1.44. The van der Waals surface area contributed by atoms with Crippen molar-refractivity contribution in [3.05, 3.63) is 66.7 Å². The first-order chi connectivity index (χ1) is 14.3. The van der Waals surface area contributed by atoms with Gasteiger partial charge in [0, 0.05) is 32.1 Å². The molecule has 1 heterocycles. The molecule has 0 atom stereocenters. The van der Waals surface area contributed by atoms with Gasteiger partial charge >= 0.3 is 0 Å². The average molecular weight is 393 g/mol. The molecule has 0 fully saturated rings. The van der Waals surface area contributed by atoms with Crippen LogP contribution in [0.1, 0.15) is 12.7 Å².